The van der Waals surface area contributed by atoms with Gasteiger partial charge in [0.15, 0.2) is 0 Å². The first-order valence-electron chi connectivity index (χ1n) is 7.39. The average Bonchev–Trinajstić information content (AvgIpc) is 3.01. The van der Waals surface area contributed by atoms with Crippen LogP contribution < -0.4 is 5.32 Å². The Balaban J connectivity index is 1.84. The van der Waals surface area contributed by atoms with Crippen molar-refractivity contribution in [2.75, 3.05) is 19.6 Å². The molecule has 0 radical (unpaired) electrons. The van der Waals surface area contributed by atoms with Crippen LogP contribution in [0.25, 0.3) is 0 Å². The second-order valence-electron chi connectivity index (χ2n) is 5.98. The Kier molecular flexibility index (Phi) is 3.74. The Bertz CT molecular complexity index is 531. The molecule has 4 heteroatoms. The van der Waals surface area contributed by atoms with Gasteiger partial charge in [-0.15, -0.1) is 0 Å². The first kappa shape index (κ1) is 13.9. The molecule has 108 valence electrons. The maximum Gasteiger partial charge on any atom is 0.254 e. The fourth-order valence-corrected chi connectivity index (χ4v) is 3.84. The molecule has 3 rings (SSSR count). The van der Waals surface area contributed by atoms with E-state index in [4.69, 9.17) is 11.6 Å². The molecule has 20 heavy (non-hydrogen) atoms. The van der Waals surface area contributed by atoms with Gasteiger partial charge in [0.05, 0.1) is 0 Å². The van der Waals surface area contributed by atoms with Gasteiger partial charge in [0.2, 0.25) is 0 Å². The fraction of sp³-hybridized carbons (Fsp3) is 0.562. The standard InChI is InChI=1S/C16H21ClN2O/c1-3-15-13-8-18-7-12(13)9-19(15)16(20)11-4-5-14(17)10(2)6-11/h4-6,12-13,15,18H,3,7-9H2,1-2H3. The van der Waals surface area contributed by atoms with E-state index in [0.717, 1.165) is 42.2 Å². The quantitative estimate of drug-likeness (QED) is 0.909. The lowest BCUT2D eigenvalue weighted by Crippen LogP contribution is -2.39. The van der Waals surface area contributed by atoms with E-state index in [-0.39, 0.29) is 5.91 Å². The number of benzene rings is 1. The van der Waals surface area contributed by atoms with Crippen molar-refractivity contribution in [1.29, 1.82) is 0 Å². The smallest absolute Gasteiger partial charge is 0.254 e. The number of nitrogens with one attached hydrogen (secondary N) is 1. The molecule has 1 aromatic carbocycles. The third kappa shape index (κ3) is 2.23. The molecule has 3 nitrogen and oxygen atoms in total. The van der Waals surface area contributed by atoms with Crippen molar-refractivity contribution in [2.24, 2.45) is 11.8 Å². The van der Waals surface area contributed by atoms with E-state index in [2.05, 4.69) is 17.1 Å². The highest BCUT2D eigenvalue weighted by molar-refractivity contribution is 6.31. The number of aryl methyl sites for hydroxylation is 1. The first-order valence-corrected chi connectivity index (χ1v) is 7.77. The molecule has 0 aliphatic carbocycles. The van der Waals surface area contributed by atoms with Gasteiger partial charge >= 0.3 is 0 Å². The molecule has 2 saturated heterocycles. The van der Waals surface area contributed by atoms with Crippen molar-refractivity contribution >= 4 is 17.5 Å². The maximum atomic E-state index is 12.8. The van der Waals surface area contributed by atoms with Gasteiger partial charge < -0.3 is 10.2 Å². The number of carbonyl (C=O) groups excluding carboxylic acids is 1. The van der Waals surface area contributed by atoms with E-state index < -0.39 is 0 Å². The molecule has 1 amide bonds. The number of amides is 1. The number of hydrogen-bond donors (Lipinski definition) is 1. The summed E-state index contributed by atoms with van der Waals surface area (Å²) in [6.07, 6.45) is 1.03. The van der Waals surface area contributed by atoms with Crippen molar-refractivity contribution in [3.63, 3.8) is 0 Å². The van der Waals surface area contributed by atoms with Crippen LogP contribution in [0, 0.1) is 18.8 Å². The van der Waals surface area contributed by atoms with Crippen LogP contribution in [0.1, 0.15) is 29.3 Å². The number of carbonyl (C=O) groups is 1. The lowest BCUT2D eigenvalue weighted by Gasteiger charge is -2.27. The summed E-state index contributed by atoms with van der Waals surface area (Å²) in [5.74, 6) is 1.40. The highest BCUT2D eigenvalue weighted by Gasteiger charge is 2.45. The van der Waals surface area contributed by atoms with Gasteiger partial charge in [0.1, 0.15) is 0 Å². The molecule has 2 heterocycles. The lowest BCUT2D eigenvalue weighted by atomic mass is 9.93. The SMILES string of the molecule is CCC1C2CNCC2CN1C(=O)c1ccc(Cl)c(C)c1. The van der Waals surface area contributed by atoms with Crippen LogP contribution in [0.5, 0.6) is 0 Å². The van der Waals surface area contributed by atoms with Crippen molar-refractivity contribution < 1.29 is 4.79 Å². The Hall–Kier alpha value is -1.06. The van der Waals surface area contributed by atoms with Gasteiger partial charge in [0.25, 0.3) is 5.91 Å². The van der Waals surface area contributed by atoms with E-state index in [1.807, 2.05) is 25.1 Å². The fourth-order valence-electron chi connectivity index (χ4n) is 3.72. The molecule has 2 aliphatic rings. The summed E-state index contributed by atoms with van der Waals surface area (Å²) in [4.78, 5) is 14.9. The summed E-state index contributed by atoms with van der Waals surface area (Å²) in [6.45, 7) is 7.10. The van der Waals surface area contributed by atoms with E-state index in [1.54, 1.807) is 0 Å². The second kappa shape index (κ2) is 5.38. The third-order valence-electron chi connectivity index (χ3n) is 4.80. The van der Waals surface area contributed by atoms with Gasteiger partial charge in [-0.05, 0) is 48.9 Å². The van der Waals surface area contributed by atoms with Gasteiger partial charge in [-0.25, -0.2) is 0 Å². The summed E-state index contributed by atoms with van der Waals surface area (Å²) in [5, 5.41) is 4.17. The molecule has 0 spiro atoms. The third-order valence-corrected chi connectivity index (χ3v) is 5.23. The molecule has 0 bridgehead atoms. The largest absolute Gasteiger partial charge is 0.335 e. The summed E-state index contributed by atoms with van der Waals surface area (Å²) in [6, 6.07) is 5.95. The van der Waals surface area contributed by atoms with E-state index in [0.29, 0.717) is 17.9 Å². The maximum absolute atomic E-state index is 12.8. The number of rotatable bonds is 2. The summed E-state index contributed by atoms with van der Waals surface area (Å²) >= 11 is 6.05. The molecule has 2 fully saturated rings. The van der Waals surface area contributed by atoms with Crippen molar-refractivity contribution in [3.05, 3.63) is 34.3 Å². The molecule has 3 unspecified atom stereocenters. The van der Waals surface area contributed by atoms with Crippen LogP contribution in [0.3, 0.4) is 0 Å². The zero-order valence-corrected chi connectivity index (χ0v) is 12.8. The predicted octanol–water partition coefficient (Wildman–Crippen LogP) is 2.72. The number of likely N-dealkylation sites (tertiary alicyclic amines) is 1. The van der Waals surface area contributed by atoms with Crippen LogP contribution in [-0.2, 0) is 0 Å². The Labute approximate surface area is 125 Å². The van der Waals surface area contributed by atoms with Crippen molar-refractivity contribution in [3.8, 4) is 0 Å². The predicted molar refractivity (Wildman–Crippen MR) is 81.2 cm³/mol. The Morgan fingerprint density at radius 1 is 1.45 bits per heavy atom. The van der Waals surface area contributed by atoms with Crippen molar-refractivity contribution in [1.82, 2.24) is 10.2 Å². The zero-order chi connectivity index (χ0) is 14.3. The normalized spacial score (nSPS) is 28.8. The number of halogens is 1. The summed E-state index contributed by atoms with van der Waals surface area (Å²) in [5.41, 5.74) is 1.73. The highest BCUT2D eigenvalue weighted by Crippen LogP contribution is 2.35. The lowest BCUT2D eigenvalue weighted by molar-refractivity contribution is 0.0711. The van der Waals surface area contributed by atoms with Gasteiger partial charge in [-0.2, -0.15) is 0 Å². The van der Waals surface area contributed by atoms with Crippen LogP contribution in [-0.4, -0.2) is 36.5 Å². The van der Waals surface area contributed by atoms with E-state index in [9.17, 15) is 4.79 Å². The minimum Gasteiger partial charge on any atom is -0.335 e. The topological polar surface area (TPSA) is 32.3 Å². The Morgan fingerprint density at radius 3 is 2.95 bits per heavy atom. The summed E-state index contributed by atoms with van der Waals surface area (Å²) in [7, 11) is 0. The molecular weight excluding hydrogens is 272 g/mol. The molecule has 2 aliphatic heterocycles. The van der Waals surface area contributed by atoms with E-state index >= 15 is 0 Å². The second-order valence-corrected chi connectivity index (χ2v) is 6.39. The van der Waals surface area contributed by atoms with Crippen LogP contribution in [0.2, 0.25) is 5.02 Å². The molecule has 1 N–H and O–H groups in total. The molecular formula is C16H21ClN2O. The van der Waals surface area contributed by atoms with Crippen LogP contribution in [0.15, 0.2) is 18.2 Å². The van der Waals surface area contributed by atoms with E-state index in [1.165, 1.54) is 0 Å². The number of hydrogen-bond acceptors (Lipinski definition) is 2. The average molecular weight is 293 g/mol. The first-order chi connectivity index (χ1) is 9.61. The minimum absolute atomic E-state index is 0.158. The van der Waals surface area contributed by atoms with Crippen molar-refractivity contribution in [2.45, 2.75) is 26.3 Å². The monoisotopic (exact) mass is 292 g/mol. The Morgan fingerprint density at radius 2 is 2.25 bits per heavy atom. The van der Waals surface area contributed by atoms with Gasteiger partial charge in [-0.3, -0.25) is 4.79 Å². The molecule has 0 saturated carbocycles. The minimum atomic E-state index is 0.158. The van der Waals surface area contributed by atoms with Crippen LogP contribution >= 0.6 is 11.6 Å². The number of nitrogens with zero attached hydrogens (tertiary/aromatic N) is 1. The molecule has 0 aromatic heterocycles. The zero-order valence-electron chi connectivity index (χ0n) is 12.0. The van der Waals surface area contributed by atoms with Crippen LogP contribution in [0.4, 0.5) is 0 Å². The molecule has 3 atom stereocenters. The molecule has 1 aromatic rings. The summed E-state index contributed by atoms with van der Waals surface area (Å²) < 4.78 is 0. The highest BCUT2D eigenvalue weighted by atomic mass is 35.5. The van der Waals surface area contributed by atoms with Gasteiger partial charge in [0, 0.05) is 36.3 Å². The van der Waals surface area contributed by atoms with Gasteiger partial charge in [-0.1, -0.05) is 18.5 Å². The number of fused-ring (bicyclic) bond motifs is 1.